The van der Waals surface area contributed by atoms with Crippen LogP contribution in [-0.4, -0.2) is 34.9 Å². The SMILES string of the molecule is CC1CCN(C(=O)c2cccc(NC(=S)NC(=O)c3cccc(Br)c3)c2)CC1. The van der Waals surface area contributed by atoms with Gasteiger partial charge in [0.15, 0.2) is 5.11 Å². The molecule has 0 radical (unpaired) electrons. The van der Waals surface area contributed by atoms with Crippen molar-refractivity contribution >= 4 is 50.8 Å². The lowest BCUT2D eigenvalue weighted by Gasteiger charge is -2.30. The first-order valence-corrected chi connectivity index (χ1v) is 10.4. The van der Waals surface area contributed by atoms with Gasteiger partial charge in [-0.3, -0.25) is 14.9 Å². The zero-order valence-corrected chi connectivity index (χ0v) is 18.0. The predicted molar refractivity (Wildman–Crippen MR) is 119 cm³/mol. The molecule has 28 heavy (non-hydrogen) atoms. The van der Waals surface area contributed by atoms with Crippen molar-refractivity contribution in [3.05, 3.63) is 64.1 Å². The number of amides is 2. The summed E-state index contributed by atoms with van der Waals surface area (Å²) in [6.45, 7) is 3.80. The fourth-order valence-electron chi connectivity index (χ4n) is 3.09. The van der Waals surface area contributed by atoms with Crippen LogP contribution in [0.5, 0.6) is 0 Å². The number of nitrogens with zero attached hydrogens (tertiary/aromatic N) is 1. The lowest BCUT2D eigenvalue weighted by atomic mass is 9.98. The van der Waals surface area contributed by atoms with Gasteiger partial charge in [0.1, 0.15) is 0 Å². The predicted octanol–water partition coefficient (Wildman–Crippen LogP) is 4.45. The van der Waals surface area contributed by atoms with E-state index in [1.807, 2.05) is 17.0 Å². The van der Waals surface area contributed by atoms with Gasteiger partial charge >= 0.3 is 0 Å². The molecule has 3 rings (SSSR count). The molecule has 0 atom stereocenters. The molecule has 2 aromatic rings. The van der Waals surface area contributed by atoms with Crippen LogP contribution >= 0.6 is 28.1 Å². The van der Waals surface area contributed by atoms with E-state index in [4.69, 9.17) is 12.2 Å². The van der Waals surface area contributed by atoms with Gasteiger partial charge in [-0.05, 0) is 67.4 Å². The van der Waals surface area contributed by atoms with Gasteiger partial charge in [0.2, 0.25) is 0 Å². The van der Waals surface area contributed by atoms with Crippen molar-refractivity contribution < 1.29 is 9.59 Å². The molecule has 2 aromatic carbocycles. The van der Waals surface area contributed by atoms with Crippen molar-refractivity contribution in [1.29, 1.82) is 0 Å². The fourth-order valence-corrected chi connectivity index (χ4v) is 3.70. The lowest BCUT2D eigenvalue weighted by molar-refractivity contribution is 0.0697. The van der Waals surface area contributed by atoms with E-state index in [1.165, 1.54) is 0 Å². The third kappa shape index (κ3) is 5.39. The van der Waals surface area contributed by atoms with Crippen molar-refractivity contribution in [1.82, 2.24) is 10.2 Å². The topological polar surface area (TPSA) is 61.4 Å². The minimum Gasteiger partial charge on any atom is -0.339 e. The number of thiocarbonyl (C=S) groups is 1. The number of carbonyl (C=O) groups is 2. The number of piperidine rings is 1. The highest BCUT2D eigenvalue weighted by Gasteiger charge is 2.21. The Kier molecular flexibility index (Phi) is 6.80. The van der Waals surface area contributed by atoms with Gasteiger partial charge in [0.05, 0.1) is 0 Å². The smallest absolute Gasteiger partial charge is 0.257 e. The molecule has 2 N–H and O–H groups in total. The minimum atomic E-state index is -0.298. The number of hydrogen-bond donors (Lipinski definition) is 2. The summed E-state index contributed by atoms with van der Waals surface area (Å²) in [4.78, 5) is 26.9. The molecular weight excluding hydrogens is 438 g/mol. The summed E-state index contributed by atoms with van der Waals surface area (Å²) in [7, 11) is 0. The average Bonchev–Trinajstić information content (AvgIpc) is 2.68. The summed E-state index contributed by atoms with van der Waals surface area (Å²) >= 11 is 8.59. The Morgan fingerprint density at radius 1 is 1.07 bits per heavy atom. The maximum absolute atomic E-state index is 12.7. The van der Waals surface area contributed by atoms with E-state index in [0.29, 0.717) is 22.7 Å². The van der Waals surface area contributed by atoms with Gasteiger partial charge < -0.3 is 10.2 Å². The number of nitrogens with one attached hydrogen (secondary N) is 2. The zero-order chi connectivity index (χ0) is 20.1. The molecule has 0 saturated carbocycles. The first kappa shape index (κ1) is 20.5. The van der Waals surface area contributed by atoms with E-state index in [2.05, 4.69) is 33.5 Å². The number of carbonyl (C=O) groups excluding carboxylic acids is 2. The highest BCUT2D eigenvalue weighted by molar-refractivity contribution is 9.10. The molecule has 0 bridgehead atoms. The normalized spacial score (nSPS) is 14.4. The summed E-state index contributed by atoms with van der Waals surface area (Å²) in [5.74, 6) is 0.399. The zero-order valence-electron chi connectivity index (χ0n) is 15.6. The van der Waals surface area contributed by atoms with Crippen LogP contribution in [0, 0.1) is 5.92 Å². The molecule has 0 aromatic heterocycles. The third-order valence-electron chi connectivity index (χ3n) is 4.75. The summed E-state index contributed by atoms with van der Waals surface area (Å²) in [5, 5.41) is 5.82. The van der Waals surface area contributed by atoms with Crippen LogP contribution in [0.2, 0.25) is 0 Å². The van der Waals surface area contributed by atoms with Crippen molar-refractivity contribution in [3.63, 3.8) is 0 Å². The largest absolute Gasteiger partial charge is 0.339 e. The second-order valence-electron chi connectivity index (χ2n) is 6.97. The van der Waals surface area contributed by atoms with Gasteiger partial charge in [-0.25, -0.2) is 0 Å². The van der Waals surface area contributed by atoms with Crippen LogP contribution in [-0.2, 0) is 0 Å². The molecule has 1 fully saturated rings. The molecule has 7 heteroatoms. The molecule has 2 amide bonds. The fraction of sp³-hybridized carbons (Fsp3) is 0.286. The Morgan fingerprint density at radius 3 is 2.46 bits per heavy atom. The standard InChI is InChI=1S/C21H22BrN3O2S/c1-14-8-10-25(11-9-14)20(27)16-5-3-7-18(13-16)23-21(28)24-19(26)15-4-2-6-17(22)12-15/h2-7,12-14H,8-11H2,1H3,(H2,23,24,26,28). The van der Waals surface area contributed by atoms with Crippen LogP contribution in [0.3, 0.4) is 0 Å². The average molecular weight is 460 g/mol. The van der Waals surface area contributed by atoms with Gasteiger partial charge in [-0.15, -0.1) is 0 Å². The molecule has 1 aliphatic heterocycles. The van der Waals surface area contributed by atoms with E-state index in [9.17, 15) is 9.59 Å². The number of hydrogen-bond acceptors (Lipinski definition) is 3. The van der Waals surface area contributed by atoms with Crippen LogP contribution in [0.4, 0.5) is 5.69 Å². The maximum Gasteiger partial charge on any atom is 0.257 e. The Balaban J connectivity index is 1.61. The monoisotopic (exact) mass is 459 g/mol. The lowest BCUT2D eigenvalue weighted by Crippen LogP contribution is -2.38. The number of benzene rings is 2. The maximum atomic E-state index is 12.7. The highest BCUT2D eigenvalue weighted by atomic mass is 79.9. The number of halogens is 1. The Bertz CT molecular complexity index is 895. The number of rotatable bonds is 3. The highest BCUT2D eigenvalue weighted by Crippen LogP contribution is 2.19. The van der Waals surface area contributed by atoms with Crippen LogP contribution in [0.15, 0.2) is 53.0 Å². The molecule has 5 nitrogen and oxygen atoms in total. The van der Waals surface area contributed by atoms with Crippen molar-refractivity contribution in [3.8, 4) is 0 Å². The Morgan fingerprint density at radius 2 is 1.75 bits per heavy atom. The van der Waals surface area contributed by atoms with Gasteiger partial charge in [-0.2, -0.15) is 0 Å². The molecule has 146 valence electrons. The van der Waals surface area contributed by atoms with E-state index < -0.39 is 0 Å². The van der Waals surface area contributed by atoms with Crippen molar-refractivity contribution in [2.75, 3.05) is 18.4 Å². The number of likely N-dealkylation sites (tertiary alicyclic amines) is 1. The molecule has 0 aliphatic carbocycles. The minimum absolute atomic E-state index is 0.0274. The van der Waals surface area contributed by atoms with Crippen LogP contribution in [0.1, 0.15) is 40.5 Å². The van der Waals surface area contributed by atoms with Crippen molar-refractivity contribution in [2.45, 2.75) is 19.8 Å². The van der Waals surface area contributed by atoms with Crippen LogP contribution < -0.4 is 10.6 Å². The van der Waals surface area contributed by atoms with Gasteiger partial charge in [0.25, 0.3) is 11.8 Å². The summed E-state index contributed by atoms with van der Waals surface area (Å²) < 4.78 is 0.817. The first-order valence-electron chi connectivity index (χ1n) is 9.19. The summed E-state index contributed by atoms with van der Waals surface area (Å²) in [6.07, 6.45) is 2.07. The van der Waals surface area contributed by atoms with E-state index in [1.54, 1.807) is 36.4 Å². The quantitative estimate of drug-likeness (QED) is 0.665. The third-order valence-corrected chi connectivity index (χ3v) is 5.45. The van der Waals surface area contributed by atoms with E-state index >= 15 is 0 Å². The molecule has 1 aliphatic rings. The van der Waals surface area contributed by atoms with Crippen LogP contribution in [0.25, 0.3) is 0 Å². The first-order chi connectivity index (χ1) is 13.4. The second-order valence-corrected chi connectivity index (χ2v) is 8.30. The Labute approximate surface area is 178 Å². The molecule has 0 spiro atoms. The van der Waals surface area contributed by atoms with Gasteiger partial charge in [-0.1, -0.05) is 35.0 Å². The second kappa shape index (κ2) is 9.30. The number of anilines is 1. The summed E-state index contributed by atoms with van der Waals surface area (Å²) in [5.41, 5.74) is 1.78. The molecule has 0 unspecified atom stereocenters. The molecule has 1 saturated heterocycles. The van der Waals surface area contributed by atoms with E-state index in [0.717, 1.165) is 30.4 Å². The van der Waals surface area contributed by atoms with Crippen molar-refractivity contribution in [2.24, 2.45) is 5.92 Å². The summed E-state index contributed by atoms with van der Waals surface area (Å²) in [6, 6.07) is 14.2. The molecule has 1 heterocycles. The van der Waals surface area contributed by atoms with Gasteiger partial charge in [0, 0.05) is 34.4 Å². The van der Waals surface area contributed by atoms with E-state index in [-0.39, 0.29) is 16.9 Å². The molecular formula is C21H22BrN3O2S. The Hall–Kier alpha value is -2.25.